The van der Waals surface area contributed by atoms with Gasteiger partial charge in [-0.3, -0.25) is 0 Å². The van der Waals surface area contributed by atoms with Crippen LogP contribution < -0.4 is 0 Å². The van der Waals surface area contributed by atoms with Crippen LogP contribution in [0, 0.1) is 11.3 Å². The molecule has 12 aromatic rings. The number of hydrogen-bond acceptors (Lipinski definition) is 2. The summed E-state index contributed by atoms with van der Waals surface area (Å²) in [5, 5.41) is 16.6. The molecule has 12 rings (SSSR count). The molecule has 4 heteroatoms. The predicted molar refractivity (Wildman–Crippen MR) is 243 cm³/mol. The second-order valence-electron chi connectivity index (χ2n) is 15.2. The zero-order valence-corrected chi connectivity index (χ0v) is 31.8. The van der Waals surface area contributed by atoms with E-state index >= 15 is 0 Å². The van der Waals surface area contributed by atoms with Gasteiger partial charge in [0.2, 0.25) is 0 Å². The first-order valence-corrected chi connectivity index (χ1v) is 19.9. The van der Waals surface area contributed by atoms with Gasteiger partial charge in [0, 0.05) is 49.3 Å². The Morgan fingerprint density at radius 1 is 0.356 bits per heavy atom. The van der Waals surface area contributed by atoms with Gasteiger partial charge in [-0.25, -0.2) is 0 Å². The minimum Gasteiger partial charge on any atom is -0.455 e. The van der Waals surface area contributed by atoms with Crippen LogP contribution in [0.25, 0.3) is 110 Å². The lowest BCUT2D eigenvalue weighted by atomic mass is 9.96. The van der Waals surface area contributed by atoms with Crippen molar-refractivity contribution in [3.05, 3.63) is 206 Å². The van der Waals surface area contributed by atoms with E-state index in [1.54, 1.807) is 0 Å². The second kappa shape index (κ2) is 13.0. The minimum atomic E-state index is 0.644. The number of fused-ring (bicyclic) bond motifs is 9. The summed E-state index contributed by atoms with van der Waals surface area (Å²) in [6, 6.07) is 73.3. The largest absolute Gasteiger partial charge is 0.455 e. The first-order valence-electron chi connectivity index (χ1n) is 19.9. The molecule has 0 spiro atoms. The van der Waals surface area contributed by atoms with Gasteiger partial charge in [-0.15, -0.1) is 0 Å². The van der Waals surface area contributed by atoms with Gasteiger partial charge < -0.3 is 13.6 Å². The van der Waals surface area contributed by atoms with Gasteiger partial charge in [0.15, 0.2) is 0 Å². The van der Waals surface area contributed by atoms with E-state index in [-0.39, 0.29) is 0 Å². The number of nitrogens with zero attached hydrogens (tertiary/aromatic N) is 3. The Balaban J connectivity index is 1.01. The number of benzene rings is 9. The molecule has 0 unspecified atom stereocenters. The van der Waals surface area contributed by atoms with Crippen LogP contribution >= 0.6 is 0 Å². The molecule has 0 aliphatic carbocycles. The van der Waals surface area contributed by atoms with Gasteiger partial charge in [0.1, 0.15) is 11.2 Å². The summed E-state index contributed by atoms with van der Waals surface area (Å²) in [5.74, 6) is 0. The van der Waals surface area contributed by atoms with Crippen molar-refractivity contribution >= 4 is 65.6 Å². The molecule has 0 aliphatic rings. The van der Waals surface area contributed by atoms with Crippen molar-refractivity contribution in [2.24, 2.45) is 0 Å². The monoisotopic (exact) mass is 751 g/mol. The van der Waals surface area contributed by atoms with Crippen LogP contribution in [0.3, 0.4) is 0 Å². The van der Waals surface area contributed by atoms with E-state index < -0.39 is 0 Å². The van der Waals surface area contributed by atoms with Crippen LogP contribution in [0.1, 0.15) is 5.56 Å². The summed E-state index contributed by atoms with van der Waals surface area (Å²) >= 11 is 0. The van der Waals surface area contributed by atoms with Gasteiger partial charge >= 0.3 is 0 Å². The summed E-state index contributed by atoms with van der Waals surface area (Å²) in [6.45, 7) is 0. The average Bonchev–Trinajstić information content (AvgIpc) is 3.96. The summed E-state index contributed by atoms with van der Waals surface area (Å²) in [7, 11) is 0. The van der Waals surface area contributed by atoms with Gasteiger partial charge in [0.05, 0.1) is 33.7 Å². The summed E-state index contributed by atoms with van der Waals surface area (Å²) < 4.78 is 11.1. The topological polar surface area (TPSA) is 46.8 Å². The fourth-order valence-electron chi connectivity index (χ4n) is 9.22. The molecule has 0 amide bonds. The third kappa shape index (κ3) is 5.16. The van der Waals surface area contributed by atoms with Gasteiger partial charge in [0.25, 0.3) is 0 Å². The van der Waals surface area contributed by atoms with E-state index in [1.807, 2.05) is 30.3 Å². The molecule has 3 heterocycles. The SMILES string of the molecule is N#Cc1cccc(-n2c3ccccc3c3cc(-c4cccc(-c5ccc6c(c5)c5cc(-c7cccc8c7oc7ccccc78)ccc5n6-c5ccccc5)c4)ccc32)c1. The fraction of sp³-hybridized carbons (Fsp3) is 0. The molecule has 4 nitrogen and oxygen atoms in total. The molecular formula is C55H33N3O. The Hall–Kier alpha value is -8.13. The van der Waals surface area contributed by atoms with Crippen LogP contribution in [0.2, 0.25) is 0 Å². The second-order valence-corrected chi connectivity index (χ2v) is 15.2. The lowest BCUT2D eigenvalue weighted by Gasteiger charge is -2.10. The van der Waals surface area contributed by atoms with E-state index in [2.05, 4.69) is 185 Å². The standard InChI is InChI=1S/C55H33N3O/c56-34-35-11-8-16-42(29-35)58-50-21-6-4-17-44(50)47-31-38(23-26-51(47)58)36-12-9-13-37(30-36)39-24-27-52-48(32-39)49-33-40(25-28-53(49)57(52)41-14-2-1-3-15-41)43-19-10-20-46-45-18-5-7-22-54(45)59-55(43)46/h1-33H. The maximum atomic E-state index is 9.64. The minimum absolute atomic E-state index is 0.644. The van der Waals surface area contributed by atoms with Crippen molar-refractivity contribution in [3.63, 3.8) is 0 Å². The van der Waals surface area contributed by atoms with Crippen LogP contribution in [0.15, 0.2) is 205 Å². The molecule has 0 atom stereocenters. The predicted octanol–water partition coefficient (Wildman–Crippen LogP) is 14.7. The highest BCUT2D eigenvalue weighted by molar-refractivity contribution is 6.14. The van der Waals surface area contributed by atoms with E-state index in [9.17, 15) is 5.26 Å². The number of rotatable bonds is 5. The summed E-state index contributed by atoms with van der Waals surface area (Å²) in [5.41, 5.74) is 15.9. The maximum Gasteiger partial charge on any atom is 0.143 e. The van der Waals surface area contributed by atoms with E-state index in [0.717, 1.165) is 88.8 Å². The normalized spacial score (nSPS) is 11.7. The highest BCUT2D eigenvalue weighted by Crippen LogP contribution is 2.41. The number of nitriles is 1. The number of para-hydroxylation sites is 4. The van der Waals surface area contributed by atoms with Crippen LogP contribution in [-0.4, -0.2) is 9.13 Å². The van der Waals surface area contributed by atoms with Crippen LogP contribution in [0.4, 0.5) is 0 Å². The fourth-order valence-corrected chi connectivity index (χ4v) is 9.22. The molecule has 3 aromatic heterocycles. The highest BCUT2D eigenvalue weighted by Gasteiger charge is 2.18. The first-order chi connectivity index (χ1) is 29.2. The van der Waals surface area contributed by atoms with Crippen molar-refractivity contribution in [2.45, 2.75) is 0 Å². The highest BCUT2D eigenvalue weighted by atomic mass is 16.3. The average molecular weight is 752 g/mol. The molecule has 0 saturated heterocycles. The molecule has 0 aliphatic heterocycles. The van der Waals surface area contributed by atoms with Crippen molar-refractivity contribution in [3.8, 4) is 50.8 Å². The molecule has 59 heavy (non-hydrogen) atoms. The number of aromatic nitrogens is 2. The zero-order valence-electron chi connectivity index (χ0n) is 31.8. The van der Waals surface area contributed by atoms with E-state index in [0.29, 0.717) is 5.56 Å². The van der Waals surface area contributed by atoms with Gasteiger partial charge in [-0.2, -0.15) is 5.26 Å². The zero-order chi connectivity index (χ0) is 39.0. The Labute approximate surface area is 339 Å². The van der Waals surface area contributed by atoms with E-state index in [4.69, 9.17) is 4.42 Å². The molecule has 274 valence electrons. The van der Waals surface area contributed by atoms with E-state index in [1.165, 1.54) is 21.5 Å². The van der Waals surface area contributed by atoms with Crippen molar-refractivity contribution in [1.29, 1.82) is 5.26 Å². The molecule has 0 saturated carbocycles. The van der Waals surface area contributed by atoms with Crippen molar-refractivity contribution in [1.82, 2.24) is 9.13 Å². The lowest BCUT2D eigenvalue weighted by molar-refractivity contribution is 0.670. The van der Waals surface area contributed by atoms with Gasteiger partial charge in [-0.1, -0.05) is 115 Å². The quantitative estimate of drug-likeness (QED) is 0.176. The van der Waals surface area contributed by atoms with Crippen LogP contribution in [0.5, 0.6) is 0 Å². The Bertz CT molecular complexity index is 3690. The summed E-state index contributed by atoms with van der Waals surface area (Å²) in [6.07, 6.45) is 0. The number of furan rings is 1. The third-order valence-corrected chi connectivity index (χ3v) is 11.9. The molecule has 0 radical (unpaired) electrons. The Kier molecular flexibility index (Phi) is 7.26. The third-order valence-electron chi connectivity index (χ3n) is 11.9. The molecule has 9 aromatic carbocycles. The first kappa shape index (κ1) is 33.1. The Morgan fingerprint density at radius 2 is 0.881 bits per heavy atom. The van der Waals surface area contributed by atoms with Crippen molar-refractivity contribution in [2.75, 3.05) is 0 Å². The lowest BCUT2D eigenvalue weighted by Crippen LogP contribution is -1.94. The maximum absolute atomic E-state index is 9.64. The molecule has 0 fully saturated rings. The summed E-state index contributed by atoms with van der Waals surface area (Å²) in [4.78, 5) is 0. The number of hydrogen-bond donors (Lipinski definition) is 0. The van der Waals surface area contributed by atoms with Gasteiger partial charge in [-0.05, 0) is 113 Å². The Morgan fingerprint density at radius 3 is 1.63 bits per heavy atom. The van der Waals surface area contributed by atoms with Crippen LogP contribution in [-0.2, 0) is 0 Å². The molecule has 0 N–H and O–H groups in total. The van der Waals surface area contributed by atoms with Crippen molar-refractivity contribution < 1.29 is 4.42 Å². The molecule has 0 bridgehead atoms. The molecular weight excluding hydrogens is 719 g/mol. The smallest absolute Gasteiger partial charge is 0.143 e.